The highest BCUT2D eigenvalue weighted by Gasteiger charge is 2.18. The van der Waals surface area contributed by atoms with Crippen molar-refractivity contribution >= 4 is 17.5 Å². The highest BCUT2D eigenvalue weighted by molar-refractivity contribution is 6.30. The molecule has 2 N–H and O–H groups in total. The third-order valence-electron chi connectivity index (χ3n) is 4.44. The summed E-state index contributed by atoms with van der Waals surface area (Å²) >= 11 is 5.94. The first kappa shape index (κ1) is 17.9. The highest BCUT2D eigenvalue weighted by Crippen LogP contribution is 2.24. The topological polar surface area (TPSA) is 88.5 Å². The van der Waals surface area contributed by atoms with Gasteiger partial charge in [-0.3, -0.25) is 9.89 Å². The number of hydrogen-bond acceptors (Lipinski definition) is 4. The molecule has 4 aromatic rings. The summed E-state index contributed by atoms with van der Waals surface area (Å²) < 4.78 is 1.68. The Labute approximate surface area is 166 Å². The Bertz CT molecular complexity index is 1070. The van der Waals surface area contributed by atoms with Gasteiger partial charge in [-0.15, -0.1) is 0 Å². The molecule has 0 bridgehead atoms. The molecule has 0 radical (unpaired) electrons. The standard InChI is InChI=1S/C20H17ClN6O/c1-13(14-4-8-17(9-5-14)27-12-22-11-24-27)25-20(28)18-10-23-26-19(18)15-2-6-16(21)7-3-15/h2-13H,1H3,(H,23,26)(H,25,28). The molecule has 0 saturated carbocycles. The molecule has 1 amide bonds. The van der Waals surface area contributed by atoms with Gasteiger partial charge in [0.15, 0.2) is 0 Å². The number of aromatic nitrogens is 5. The highest BCUT2D eigenvalue weighted by atomic mass is 35.5. The van der Waals surface area contributed by atoms with Crippen LogP contribution in [0.3, 0.4) is 0 Å². The van der Waals surface area contributed by atoms with Gasteiger partial charge in [0.1, 0.15) is 12.7 Å². The van der Waals surface area contributed by atoms with Gasteiger partial charge in [-0.1, -0.05) is 35.9 Å². The third kappa shape index (κ3) is 3.65. The second-order valence-electron chi connectivity index (χ2n) is 6.29. The van der Waals surface area contributed by atoms with Crippen LogP contribution in [0.15, 0.2) is 67.4 Å². The molecule has 2 aromatic carbocycles. The molecule has 4 rings (SSSR count). The molecule has 0 aliphatic rings. The Morgan fingerprint density at radius 3 is 2.57 bits per heavy atom. The Morgan fingerprint density at radius 1 is 1.14 bits per heavy atom. The average molecular weight is 393 g/mol. The Balaban J connectivity index is 1.49. The van der Waals surface area contributed by atoms with Crippen LogP contribution in [0.1, 0.15) is 28.9 Å². The number of carbonyl (C=O) groups excluding carboxylic acids is 1. The van der Waals surface area contributed by atoms with E-state index in [1.54, 1.807) is 23.1 Å². The lowest BCUT2D eigenvalue weighted by molar-refractivity contribution is 0.0940. The molecule has 1 atom stereocenters. The maximum Gasteiger partial charge on any atom is 0.255 e. The van der Waals surface area contributed by atoms with Crippen molar-refractivity contribution in [2.24, 2.45) is 0 Å². The Kier molecular flexibility index (Phi) is 4.90. The summed E-state index contributed by atoms with van der Waals surface area (Å²) in [6, 6.07) is 14.8. The monoisotopic (exact) mass is 392 g/mol. The van der Waals surface area contributed by atoms with Gasteiger partial charge < -0.3 is 5.32 Å². The molecule has 7 nitrogen and oxygen atoms in total. The molecule has 2 aromatic heterocycles. The Hall–Kier alpha value is -3.45. The minimum absolute atomic E-state index is 0.176. The van der Waals surface area contributed by atoms with E-state index in [2.05, 4.69) is 25.6 Å². The van der Waals surface area contributed by atoms with Crippen molar-refractivity contribution in [2.45, 2.75) is 13.0 Å². The van der Waals surface area contributed by atoms with Gasteiger partial charge in [0.2, 0.25) is 0 Å². The van der Waals surface area contributed by atoms with Crippen LogP contribution in [0.25, 0.3) is 16.9 Å². The minimum atomic E-state index is -0.202. The van der Waals surface area contributed by atoms with Crippen LogP contribution >= 0.6 is 11.6 Å². The van der Waals surface area contributed by atoms with Gasteiger partial charge in [-0.05, 0) is 36.8 Å². The lowest BCUT2D eigenvalue weighted by atomic mass is 10.1. The summed E-state index contributed by atoms with van der Waals surface area (Å²) in [6.07, 6.45) is 4.65. The minimum Gasteiger partial charge on any atom is -0.345 e. The maximum absolute atomic E-state index is 12.8. The molecule has 0 spiro atoms. The Morgan fingerprint density at radius 2 is 1.89 bits per heavy atom. The number of carbonyl (C=O) groups is 1. The molecule has 0 saturated heterocycles. The van der Waals surface area contributed by atoms with E-state index in [1.807, 2.05) is 43.3 Å². The summed E-state index contributed by atoms with van der Waals surface area (Å²) in [5.74, 6) is -0.202. The number of aromatic amines is 1. The number of benzene rings is 2. The normalized spacial score (nSPS) is 11.9. The van der Waals surface area contributed by atoms with E-state index < -0.39 is 0 Å². The molecule has 0 fully saturated rings. The van der Waals surface area contributed by atoms with Crippen LogP contribution in [0, 0.1) is 0 Å². The molecule has 1 unspecified atom stereocenters. The van der Waals surface area contributed by atoms with Crippen molar-refractivity contribution in [3.8, 4) is 16.9 Å². The second-order valence-corrected chi connectivity index (χ2v) is 6.73. The van der Waals surface area contributed by atoms with Crippen molar-refractivity contribution < 1.29 is 4.79 Å². The quantitative estimate of drug-likeness (QED) is 0.540. The van der Waals surface area contributed by atoms with Gasteiger partial charge in [-0.2, -0.15) is 10.2 Å². The average Bonchev–Trinajstić information content (AvgIpc) is 3.41. The molecule has 0 aliphatic heterocycles. The molecule has 2 heterocycles. The van der Waals surface area contributed by atoms with Crippen LogP contribution in [-0.2, 0) is 0 Å². The lowest BCUT2D eigenvalue weighted by Gasteiger charge is -2.15. The summed E-state index contributed by atoms with van der Waals surface area (Å²) in [4.78, 5) is 16.7. The fourth-order valence-corrected chi connectivity index (χ4v) is 3.04. The SMILES string of the molecule is CC(NC(=O)c1cn[nH]c1-c1ccc(Cl)cc1)c1ccc(-n2cncn2)cc1. The first-order valence-corrected chi connectivity index (χ1v) is 9.05. The van der Waals surface area contributed by atoms with E-state index in [9.17, 15) is 4.79 Å². The first-order valence-electron chi connectivity index (χ1n) is 8.67. The number of nitrogens with one attached hydrogen (secondary N) is 2. The van der Waals surface area contributed by atoms with E-state index >= 15 is 0 Å². The third-order valence-corrected chi connectivity index (χ3v) is 4.69. The molecule has 0 aliphatic carbocycles. The lowest BCUT2D eigenvalue weighted by Crippen LogP contribution is -2.26. The van der Waals surface area contributed by atoms with E-state index in [1.165, 1.54) is 12.5 Å². The van der Waals surface area contributed by atoms with Gasteiger partial charge in [0, 0.05) is 10.6 Å². The number of halogens is 1. The van der Waals surface area contributed by atoms with Crippen molar-refractivity contribution in [3.05, 3.63) is 83.5 Å². The summed E-state index contributed by atoms with van der Waals surface area (Å²) in [6.45, 7) is 1.93. The largest absolute Gasteiger partial charge is 0.345 e. The van der Waals surface area contributed by atoms with Crippen molar-refractivity contribution in [2.75, 3.05) is 0 Å². The zero-order valence-corrected chi connectivity index (χ0v) is 15.8. The van der Waals surface area contributed by atoms with Crippen LogP contribution in [0.2, 0.25) is 5.02 Å². The smallest absolute Gasteiger partial charge is 0.255 e. The van der Waals surface area contributed by atoms with Crippen molar-refractivity contribution in [3.63, 3.8) is 0 Å². The van der Waals surface area contributed by atoms with Gasteiger partial charge >= 0.3 is 0 Å². The zero-order chi connectivity index (χ0) is 19.5. The number of rotatable bonds is 5. The molecular formula is C20H17ClN6O. The predicted octanol–water partition coefficient (Wildman–Crippen LogP) is 3.80. The number of hydrogen-bond donors (Lipinski definition) is 2. The van der Waals surface area contributed by atoms with E-state index in [4.69, 9.17) is 11.6 Å². The predicted molar refractivity (Wildman–Crippen MR) is 106 cm³/mol. The summed E-state index contributed by atoms with van der Waals surface area (Å²) in [5, 5.41) is 14.7. The van der Waals surface area contributed by atoms with Crippen molar-refractivity contribution in [1.29, 1.82) is 0 Å². The molecular weight excluding hydrogens is 376 g/mol. The summed E-state index contributed by atoms with van der Waals surface area (Å²) in [7, 11) is 0. The van der Waals surface area contributed by atoms with Crippen molar-refractivity contribution in [1.82, 2.24) is 30.3 Å². The van der Waals surface area contributed by atoms with Crippen LogP contribution in [0.5, 0.6) is 0 Å². The van der Waals surface area contributed by atoms with Gasteiger partial charge in [0.25, 0.3) is 5.91 Å². The van der Waals surface area contributed by atoms with Crippen LogP contribution in [-0.4, -0.2) is 30.9 Å². The van der Waals surface area contributed by atoms with E-state index in [0.717, 1.165) is 16.8 Å². The van der Waals surface area contributed by atoms with Crippen LogP contribution in [0.4, 0.5) is 0 Å². The fourth-order valence-electron chi connectivity index (χ4n) is 2.91. The van der Waals surface area contributed by atoms with E-state index in [-0.39, 0.29) is 11.9 Å². The summed E-state index contributed by atoms with van der Waals surface area (Å²) in [5.41, 5.74) is 3.86. The molecule has 140 valence electrons. The molecule has 8 heteroatoms. The van der Waals surface area contributed by atoms with E-state index in [0.29, 0.717) is 16.3 Å². The number of amides is 1. The maximum atomic E-state index is 12.8. The van der Waals surface area contributed by atoms with Gasteiger partial charge in [0.05, 0.1) is 29.2 Å². The first-order chi connectivity index (χ1) is 13.6. The number of nitrogens with zero attached hydrogens (tertiary/aromatic N) is 4. The second kappa shape index (κ2) is 7.66. The van der Waals surface area contributed by atoms with Crippen LogP contribution < -0.4 is 5.32 Å². The number of H-pyrrole nitrogens is 1. The fraction of sp³-hybridized carbons (Fsp3) is 0.100. The van der Waals surface area contributed by atoms with Gasteiger partial charge in [-0.25, -0.2) is 9.67 Å². The zero-order valence-electron chi connectivity index (χ0n) is 15.0. The molecule has 28 heavy (non-hydrogen) atoms.